The van der Waals surface area contributed by atoms with Crippen LogP contribution in [0.15, 0.2) is 24.3 Å². The average Bonchev–Trinajstić information content (AvgIpc) is 2.42. The Morgan fingerprint density at radius 1 is 1.30 bits per heavy atom. The standard InChI is InChI=1S/C12H13ClIN5O/c1-20-6-12-17-10(5-11(18-12)19-15)16-9-3-2-7(14)4-8(9)13/h2-5H,6,15H2,1H3,(H2,16,17,18,19). The van der Waals surface area contributed by atoms with Gasteiger partial charge in [-0.1, -0.05) is 11.6 Å². The number of hydrogen-bond acceptors (Lipinski definition) is 6. The number of nitrogen functional groups attached to an aromatic ring is 1. The molecule has 0 spiro atoms. The quantitative estimate of drug-likeness (QED) is 0.403. The van der Waals surface area contributed by atoms with Crippen LogP contribution >= 0.6 is 34.2 Å². The summed E-state index contributed by atoms with van der Waals surface area (Å²) in [6.45, 7) is 0.296. The summed E-state index contributed by atoms with van der Waals surface area (Å²) in [7, 11) is 1.58. The Morgan fingerprint density at radius 2 is 2.05 bits per heavy atom. The summed E-state index contributed by atoms with van der Waals surface area (Å²) in [5, 5.41) is 3.75. The molecule has 0 unspecified atom stereocenters. The van der Waals surface area contributed by atoms with Crippen molar-refractivity contribution >= 4 is 51.5 Å². The molecule has 0 radical (unpaired) electrons. The molecule has 1 aromatic carbocycles. The zero-order valence-electron chi connectivity index (χ0n) is 10.7. The normalized spacial score (nSPS) is 10.4. The lowest BCUT2D eigenvalue weighted by molar-refractivity contribution is 0.178. The van der Waals surface area contributed by atoms with E-state index in [2.05, 4.69) is 43.3 Å². The summed E-state index contributed by atoms with van der Waals surface area (Å²) in [5.74, 6) is 6.99. The molecule has 0 saturated carbocycles. The van der Waals surface area contributed by atoms with Gasteiger partial charge in [-0.15, -0.1) is 0 Å². The van der Waals surface area contributed by atoms with Gasteiger partial charge in [-0.25, -0.2) is 15.8 Å². The Hall–Kier alpha value is -1.16. The molecule has 0 aliphatic carbocycles. The molecule has 0 aliphatic heterocycles. The van der Waals surface area contributed by atoms with Crippen molar-refractivity contribution in [1.29, 1.82) is 0 Å². The Labute approximate surface area is 135 Å². The fraction of sp³-hybridized carbons (Fsp3) is 0.167. The van der Waals surface area contributed by atoms with Crippen LogP contribution in [0.2, 0.25) is 5.02 Å². The summed E-state index contributed by atoms with van der Waals surface area (Å²) in [4.78, 5) is 8.50. The molecule has 6 nitrogen and oxygen atoms in total. The highest BCUT2D eigenvalue weighted by atomic mass is 127. The van der Waals surface area contributed by atoms with Crippen molar-refractivity contribution in [2.24, 2.45) is 5.84 Å². The van der Waals surface area contributed by atoms with Gasteiger partial charge in [0.2, 0.25) is 0 Å². The SMILES string of the molecule is COCc1nc(NN)cc(Nc2ccc(I)cc2Cl)n1. The lowest BCUT2D eigenvalue weighted by atomic mass is 10.3. The highest BCUT2D eigenvalue weighted by Crippen LogP contribution is 2.27. The molecule has 1 heterocycles. The van der Waals surface area contributed by atoms with Gasteiger partial charge in [0.25, 0.3) is 0 Å². The summed E-state index contributed by atoms with van der Waals surface area (Å²) in [5.41, 5.74) is 3.26. The maximum atomic E-state index is 6.18. The number of anilines is 3. The monoisotopic (exact) mass is 405 g/mol. The largest absolute Gasteiger partial charge is 0.377 e. The van der Waals surface area contributed by atoms with Gasteiger partial charge in [-0.2, -0.15) is 0 Å². The first-order valence-corrected chi connectivity index (χ1v) is 7.13. The first-order chi connectivity index (χ1) is 9.62. The van der Waals surface area contributed by atoms with Crippen LogP contribution < -0.4 is 16.6 Å². The average molecular weight is 406 g/mol. The molecule has 0 saturated heterocycles. The third-order valence-corrected chi connectivity index (χ3v) is 3.37. The summed E-state index contributed by atoms with van der Waals surface area (Å²) >= 11 is 8.38. The van der Waals surface area contributed by atoms with E-state index in [1.54, 1.807) is 13.2 Å². The number of rotatable bonds is 5. The number of nitrogens with two attached hydrogens (primary N) is 1. The summed E-state index contributed by atoms with van der Waals surface area (Å²) in [6.07, 6.45) is 0. The lowest BCUT2D eigenvalue weighted by Gasteiger charge is -2.11. The van der Waals surface area contributed by atoms with Gasteiger partial charge in [-0.3, -0.25) is 0 Å². The van der Waals surface area contributed by atoms with E-state index in [0.717, 1.165) is 9.26 Å². The zero-order chi connectivity index (χ0) is 14.5. The van der Waals surface area contributed by atoms with Crippen LogP contribution in [0, 0.1) is 3.57 Å². The molecule has 1 aromatic heterocycles. The smallest absolute Gasteiger partial charge is 0.158 e. The van der Waals surface area contributed by atoms with Crippen molar-refractivity contribution in [2.45, 2.75) is 6.61 Å². The molecule has 2 rings (SSSR count). The van der Waals surface area contributed by atoms with Crippen LogP contribution in [0.4, 0.5) is 17.3 Å². The molecular weight excluding hydrogens is 393 g/mol. The molecule has 0 bridgehead atoms. The number of hydrazine groups is 1. The molecule has 8 heteroatoms. The summed E-state index contributed by atoms with van der Waals surface area (Å²) in [6, 6.07) is 7.39. The number of hydrogen-bond donors (Lipinski definition) is 3. The molecule has 20 heavy (non-hydrogen) atoms. The van der Waals surface area contributed by atoms with E-state index in [1.165, 1.54) is 0 Å². The highest BCUT2D eigenvalue weighted by Gasteiger charge is 2.07. The van der Waals surface area contributed by atoms with Crippen molar-refractivity contribution in [3.05, 3.63) is 38.7 Å². The van der Waals surface area contributed by atoms with E-state index in [0.29, 0.717) is 29.1 Å². The maximum Gasteiger partial charge on any atom is 0.158 e. The van der Waals surface area contributed by atoms with E-state index in [4.69, 9.17) is 22.2 Å². The molecule has 0 fully saturated rings. The molecular formula is C12H13ClIN5O. The molecule has 4 N–H and O–H groups in total. The molecule has 106 valence electrons. The summed E-state index contributed by atoms with van der Waals surface area (Å²) < 4.78 is 6.08. The minimum Gasteiger partial charge on any atom is -0.377 e. The van der Waals surface area contributed by atoms with Crippen LogP contribution in [0.1, 0.15) is 5.82 Å². The third kappa shape index (κ3) is 3.92. The van der Waals surface area contributed by atoms with E-state index in [9.17, 15) is 0 Å². The van der Waals surface area contributed by atoms with Crippen molar-refractivity contribution < 1.29 is 4.74 Å². The second-order valence-corrected chi connectivity index (χ2v) is 5.53. The number of nitrogens with one attached hydrogen (secondary N) is 2. The Balaban J connectivity index is 2.29. The topological polar surface area (TPSA) is 85.1 Å². The number of nitrogens with zero attached hydrogens (tertiary/aromatic N) is 2. The Morgan fingerprint density at radius 3 is 2.70 bits per heavy atom. The lowest BCUT2D eigenvalue weighted by Crippen LogP contribution is -2.11. The Bertz CT molecular complexity index is 610. The van der Waals surface area contributed by atoms with Gasteiger partial charge in [0.05, 0.1) is 10.7 Å². The van der Waals surface area contributed by atoms with Crippen molar-refractivity contribution in [2.75, 3.05) is 17.9 Å². The predicted octanol–water partition coefficient (Wildman–Crippen LogP) is 2.91. The van der Waals surface area contributed by atoms with Crippen molar-refractivity contribution in [3.8, 4) is 0 Å². The fourth-order valence-electron chi connectivity index (χ4n) is 1.56. The van der Waals surface area contributed by atoms with Crippen LogP contribution in [0.25, 0.3) is 0 Å². The van der Waals surface area contributed by atoms with E-state index in [1.807, 2.05) is 18.2 Å². The van der Waals surface area contributed by atoms with Gasteiger partial charge in [0.15, 0.2) is 5.82 Å². The van der Waals surface area contributed by atoms with Crippen molar-refractivity contribution in [1.82, 2.24) is 9.97 Å². The van der Waals surface area contributed by atoms with E-state index in [-0.39, 0.29) is 0 Å². The van der Waals surface area contributed by atoms with Crippen LogP contribution in [-0.2, 0) is 11.3 Å². The van der Waals surface area contributed by atoms with Crippen LogP contribution in [0.5, 0.6) is 0 Å². The number of methoxy groups -OCH3 is 1. The second kappa shape index (κ2) is 7.02. The van der Waals surface area contributed by atoms with Gasteiger partial charge in [-0.05, 0) is 40.8 Å². The molecule has 0 aliphatic rings. The zero-order valence-corrected chi connectivity index (χ0v) is 13.6. The van der Waals surface area contributed by atoms with E-state index < -0.39 is 0 Å². The van der Waals surface area contributed by atoms with Gasteiger partial charge < -0.3 is 15.5 Å². The van der Waals surface area contributed by atoms with Crippen LogP contribution in [-0.4, -0.2) is 17.1 Å². The second-order valence-electron chi connectivity index (χ2n) is 3.88. The predicted molar refractivity (Wildman–Crippen MR) is 88.0 cm³/mol. The van der Waals surface area contributed by atoms with Gasteiger partial charge >= 0.3 is 0 Å². The third-order valence-electron chi connectivity index (χ3n) is 2.39. The fourth-order valence-corrected chi connectivity index (χ4v) is 2.46. The highest BCUT2D eigenvalue weighted by molar-refractivity contribution is 14.1. The molecule has 0 atom stereocenters. The minimum absolute atomic E-state index is 0.296. The number of ether oxygens (including phenoxy) is 1. The number of aromatic nitrogens is 2. The van der Waals surface area contributed by atoms with Gasteiger partial charge in [0, 0.05) is 16.7 Å². The Kier molecular flexibility index (Phi) is 5.35. The minimum atomic E-state index is 0.296. The maximum absolute atomic E-state index is 6.18. The van der Waals surface area contributed by atoms with Crippen LogP contribution in [0.3, 0.4) is 0 Å². The number of halogens is 2. The van der Waals surface area contributed by atoms with Gasteiger partial charge in [0.1, 0.15) is 18.2 Å². The molecule has 0 amide bonds. The number of benzene rings is 1. The first-order valence-electron chi connectivity index (χ1n) is 5.68. The van der Waals surface area contributed by atoms with Crippen molar-refractivity contribution in [3.63, 3.8) is 0 Å². The first kappa shape index (κ1) is 15.2. The van der Waals surface area contributed by atoms with E-state index >= 15 is 0 Å². The molecule has 2 aromatic rings.